The molecule has 0 spiro atoms. The van der Waals surface area contributed by atoms with Gasteiger partial charge in [-0.25, -0.2) is 0 Å². The molecule has 0 saturated carbocycles. The number of hydrogen-bond donors (Lipinski definition) is 4. The highest BCUT2D eigenvalue weighted by atomic mass is 16.2. The number of anilines is 2. The van der Waals surface area contributed by atoms with E-state index in [1.165, 1.54) is 0 Å². The molecule has 0 aliphatic carbocycles. The number of hydrogen-bond acceptors (Lipinski definition) is 5. The summed E-state index contributed by atoms with van der Waals surface area (Å²) in [5.74, 6) is -2.37. The van der Waals surface area contributed by atoms with Crippen molar-refractivity contribution < 1.29 is 19.2 Å². The molecule has 2 atom stereocenters. The van der Waals surface area contributed by atoms with E-state index in [9.17, 15) is 19.2 Å². The number of amides is 3. The fourth-order valence-corrected chi connectivity index (χ4v) is 4.14. The van der Waals surface area contributed by atoms with Gasteiger partial charge < -0.3 is 21.3 Å². The lowest BCUT2D eigenvalue weighted by Gasteiger charge is -2.24. The van der Waals surface area contributed by atoms with E-state index < -0.39 is 35.6 Å². The van der Waals surface area contributed by atoms with Crippen LogP contribution in [0.1, 0.15) is 43.1 Å². The van der Waals surface area contributed by atoms with E-state index in [0.29, 0.717) is 24.2 Å². The topological polar surface area (TPSA) is 116 Å². The number of Topliss-reactive ketones (excluding diaryl/α,β-unsaturated/α-hetero) is 1. The van der Waals surface area contributed by atoms with Crippen LogP contribution in [-0.2, 0) is 20.8 Å². The molecule has 0 aliphatic rings. The molecule has 204 valence electrons. The van der Waals surface area contributed by atoms with Crippen molar-refractivity contribution in [1.29, 1.82) is 0 Å². The number of nitrogens with one attached hydrogen (secondary N) is 4. The molecule has 8 heteroatoms. The molecule has 0 unspecified atom stereocenters. The normalized spacial score (nSPS) is 12.2. The highest BCUT2D eigenvalue weighted by Gasteiger charge is 2.31. The van der Waals surface area contributed by atoms with Crippen LogP contribution in [0.15, 0.2) is 84.9 Å². The maximum atomic E-state index is 13.5. The number of para-hydroxylation sites is 2. The molecule has 4 N–H and O–H groups in total. The summed E-state index contributed by atoms with van der Waals surface area (Å²) >= 11 is 0. The van der Waals surface area contributed by atoms with Crippen molar-refractivity contribution in [3.05, 3.63) is 96.1 Å². The van der Waals surface area contributed by atoms with Crippen LogP contribution < -0.4 is 21.3 Å². The predicted molar refractivity (Wildman–Crippen MR) is 153 cm³/mol. The van der Waals surface area contributed by atoms with Gasteiger partial charge in [-0.1, -0.05) is 74.5 Å². The lowest BCUT2D eigenvalue weighted by Crippen LogP contribution is -2.54. The average molecular weight is 529 g/mol. The number of carbonyl (C=O) groups excluding carboxylic acids is 4. The van der Waals surface area contributed by atoms with Crippen molar-refractivity contribution in [2.24, 2.45) is 5.92 Å². The van der Waals surface area contributed by atoms with Crippen LogP contribution in [0.4, 0.5) is 11.4 Å². The van der Waals surface area contributed by atoms with Crippen LogP contribution in [0, 0.1) is 5.92 Å². The predicted octanol–water partition coefficient (Wildman–Crippen LogP) is 4.01. The van der Waals surface area contributed by atoms with E-state index in [4.69, 9.17) is 0 Å². The summed E-state index contributed by atoms with van der Waals surface area (Å²) in [6.07, 6.45) is 0.494. The van der Waals surface area contributed by atoms with Gasteiger partial charge in [-0.05, 0) is 49.1 Å². The Labute approximate surface area is 229 Å². The number of ketones is 1. The Morgan fingerprint density at radius 3 is 2.00 bits per heavy atom. The molecule has 0 bridgehead atoms. The SMILES string of the molecule is CCNC(=O)C(=O)[C@H](Cc1ccccc1)NC(=O)[C@H](CC(C)C)NC(=O)c1ccccc1Nc1ccccc1. The molecule has 0 aromatic heterocycles. The Hall–Kier alpha value is -4.46. The van der Waals surface area contributed by atoms with Gasteiger partial charge in [-0.15, -0.1) is 0 Å². The fraction of sp³-hybridized carbons (Fsp3) is 0.290. The third-order valence-electron chi connectivity index (χ3n) is 6.03. The summed E-state index contributed by atoms with van der Waals surface area (Å²) in [4.78, 5) is 52.2. The van der Waals surface area contributed by atoms with Crippen molar-refractivity contribution in [2.75, 3.05) is 11.9 Å². The minimum Gasteiger partial charge on any atom is -0.355 e. The minimum absolute atomic E-state index is 0.0744. The molecule has 0 fully saturated rings. The Balaban J connectivity index is 1.81. The highest BCUT2D eigenvalue weighted by Crippen LogP contribution is 2.21. The number of rotatable bonds is 13. The van der Waals surface area contributed by atoms with Crippen LogP contribution in [0.3, 0.4) is 0 Å². The number of benzene rings is 3. The van der Waals surface area contributed by atoms with Crippen LogP contribution in [0.25, 0.3) is 0 Å². The average Bonchev–Trinajstić information content (AvgIpc) is 2.93. The lowest BCUT2D eigenvalue weighted by molar-refractivity contribution is -0.140. The zero-order valence-electron chi connectivity index (χ0n) is 22.6. The van der Waals surface area contributed by atoms with Crippen molar-refractivity contribution in [3.8, 4) is 0 Å². The number of carbonyl (C=O) groups is 4. The second kappa shape index (κ2) is 14.5. The van der Waals surface area contributed by atoms with Crippen LogP contribution in [0.5, 0.6) is 0 Å². The summed E-state index contributed by atoms with van der Waals surface area (Å²) in [6.45, 7) is 5.89. The molecular weight excluding hydrogens is 492 g/mol. The van der Waals surface area contributed by atoms with Gasteiger partial charge in [0.05, 0.1) is 11.3 Å². The van der Waals surface area contributed by atoms with Gasteiger partial charge in [0, 0.05) is 18.7 Å². The van der Waals surface area contributed by atoms with Gasteiger partial charge in [0.15, 0.2) is 0 Å². The monoisotopic (exact) mass is 528 g/mol. The molecular formula is C31H36N4O4. The van der Waals surface area contributed by atoms with E-state index >= 15 is 0 Å². The zero-order valence-corrected chi connectivity index (χ0v) is 22.6. The highest BCUT2D eigenvalue weighted by molar-refractivity contribution is 6.38. The van der Waals surface area contributed by atoms with Crippen molar-refractivity contribution in [1.82, 2.24) is 16.0 Å². The molecule has 3 aromatic rings. The first-order valence-corrected chi connectivity index (χ1v) is 13.2. The summed E-state index contributed by atoms with van der Waals surface area (Å²) in [5.41, 5.74) is 2.59. The first-order valence-electron chi connectivity index (χ1n) is 13.2. The zero-order chi connectivity index (χ0) is 28.2. The maximum absolute atomic E-state index is 13.5. The van der Waals surface area contributed by atoms with Gasteiger partial charge in [0.25, 0.3) is 11.8 Å². The van der Waals surface area contributed by atoms with Crippen molar-refractivity contribution in [3.63, 3.8) is 0 Å². The fourth-order valence-electron chi connectivity index (χ4n) is 4.14. The molecule has 39 heavy (non-hydrogen) atoms. The summed E-state index contributed by atoms with van der Waals surface area (Å²) < 4.78 is 0. The second-order valence-corrected chi connectivity index (χ2v) is 9.67. The summed E-state index contributed by atoms with van der Waals surface area (Å²) in [5, 5.41) is 11.3. The van der Waals surface area contributed by atoms with Gasteiger partial charge in [0.1, 0.15) is 12.1 Å². The van der Waals surface area contributed by atoms with E-state index in [1.54, 1.807) is 25.1 Å². The molecule has 0 radical (unpaired) electrons. The third-order valence-corrected chi connectivity index (χ3v) is 6.03. The smallest absolute Gasteiger partial charge is 0.289 e. The van der Waals surface area contributed by atoms with E-state index in [1.807, 2.05) is 80.6 Å². The molecule has 3 amide bonds. The van der Waals surface area contributed by atoms with Crippen LogP contribution >= 0.6 is 0 Å². The van der Waals surface area contributed by atoms with Gasteiger partial charge in [-0.2, -0.15) is 0 Å². The maximum Gasteiger partial charge on any atom is 0.289 e. The van der Waals surface area contributed by atoms with Crippen LogP contribution in [-0.4, -0.2) is 42.1 Å². The lowest BCUT2D eigenvalue weighted by atomic mass is 9.99. The Morgan fingerprint density at radius 1 is 0.744 bits per heavy atom. The third kappa shape index (κ3) is 8.81. The summed E-state index contributed by atoms with van der Waals surface area (Å²) in [6, 6.07) is 23.7. The molecule has 8 nitrogen and oxygen atoms in total. The molecule has 0 aliphatic heterocycles. The minimum atomic E-state index is -1.08. The van der Waals surface area contributed by atoms with Crippen molar-refractivity contribution in [2.45, 2.75) is 45.7 Å². The molecule has 3 rings (SSSR count). The van der Waals surface area contributed by atoms with Gasteiger partial charge >= 0.3 is 0 Å². The van der Waals surface area contributed by atoms with E-state index in [0.717, 1.165) is 11.3 Å². The molecule has 0 saturated heterocycles. The first-order chi connectivity index (χ1) is 18.8. The Bertz CT molecular complexity index is 1260. The van der Waals surface area contributed by atoms with Crippen molar-refractivity contribution >= 4 is 34.9 Å². The number of likely N-dealkylation sites (N-methyl/N-ethyl adjacent to an activating group) is 1. The largest absolute Gasteiger partial charge is 0.355 e. The van der Waals surface area contributed by atoms with E-state index in [-0.39, 0.29) is 12.3 Å². The standard InChI is InChI=1S/C31H36N4O4/c1-4-32-31(39)28(36)26(20-22-13-7-5-8-14-22)34-30(38)27(19-21(2)3)35-29(37)24-17-11-12-18-25(24)33-23-15-9-6-10-16-23/h5-18,21,26-27,33H,4,19-20H2,1-3H3,(H,32,39)(H,34,38)(H,35,37)/t26-,27-/m0/s1. The first kappa shape index (κ1) is 29.1. The Kier molecular flexibility index (Phi) is 10.8. The summed E-state index contributed by atoms with van der Waals surface area (Å²) in [7, 11) is 0. The molecule has 0 heterocycles. The molecule has 3 aromatic carbocycles. The van der Waals surface area contributed by atoms with Gasteiger partial charge in [-0.3, -0.25) is 19.2 Å². The quantitative estimate of drug-likeness (QED) is 0.250. The van der Waals surface area contributed by atoms with Crippen LogP contribution in [0.2, 0.25) is 0 Å². The van der Waals surface area contributed by atoms with Gasteiger partial charge in [0.2, 0.25) is 11.7 Å². The van der Waals surface area contributed by atoms with E-state index in [2.05, 4.69) is 21.3 Å². The second-order valence-electron chi connectivity index (χ2n) is 9.67. The Morgan fingerprint density at radius 2 is 1.36 bits per heavy atom.